The van der Waals surface area contributed by atoms with E-state index in [1.165, 1.54) is 19.4 Å². The summed E-state index contributed by atoms with van der Waals surface area (Å²) >= 11 is 0. The van der Waals surface area contributed by atoms with E-state index in [0.717, 1.165) is 43.7 Å². The Morgan fingerprint density at radius 2 is 2.25 bits per heavy atom. The van der Waals surface area contributed by atoms with E-state index < -0.39 is 0 Å². The smallest absolute Gasteiger partial charge is 0.208 e. The fourth-order valence-corrected chi connectivity index (χ4v) is 2.67. The summed E-state index contributed by atoms with van der Waals surface area (Å²) in [7, 11) is 0. The van der Waals surface area contributed by atoms with E-state index in [-0.39, 0.29) is 5.41 Å². The monoisotopic (exact) mass is 279 g/mol. The van der Waals surface area contributed by atoms with Crippen LogP contribution in [0, 0.1) is 5.92 Å². The summed E-state index contributed by atoms with van der Waals surface area (Å²) < 4.78 is 5.90. The molecule has 0 radical (unpaired) electrons. The normalized spacial score (nSPS) is 20.6. The average Bonchev–Trinajstić information content (AvgIpc) is 2.87. The van der Waals surface area contributed by atoms with Gasteiger partial charge in [-0.1, -0.05) is 27.7 Å². The number of hydrogen-bond acceptors (Lipinski definition) is 4. The fourth-order valence-electron chi connectivity index (χ4n) is 2.67. The molecule has 0 spiro atoms. The van der Waals surface area contributed by atoms with Crippen LogP contribution in [-0.2, 0) is 12.0 Å². The second-order valence-electron chi connectivity index (χ2n) is 6.91. The molecule has 1 aromatic heterocycles. The van der Waals surface area contributed by atoms with Gasteiger partial charge in [-0.2, -0.15) is 0 Å². The molecule has 20 heavy (non-hydrogen) atoms. The van der Waals surface area contributed by atoms with Gasteiger partial charge in [0.15, 0.2) is 0 Å². The first kappa shape index (κ1) is 15.5. The van der Waals surface area contributed by atoms with Gasteiger partial charge in [0, 0.05) is 12.0 Å². The first-order chi connectivity index (χ1) is 9.49. The molecule has 1 fully saturated rings. The molecule has 0 aliphatic carbocycles. The summed E-state index contributed by atoms with van der Waals surface area (Å²) in [6.45, 7) is 14.0. The van der Waals surface area contributed by atoms with Crippen molar-refractivity contribution in [2.24, 2.45) is 5.92 Å². The van der Waals surface area contributed by atoms with Gasteiger partial charge in [-0.25, -0.2) is 4.98 Å². The van der Waals surface area contributed by atoms with E-state index >= 15 is 0 Å². The Balaban J connectivity index is 1.90. The van der Waals surface area contributed by atoms with Crippen molar-refractivity contribution in [3.8, 4) is 0 Å². The van der Waals surface area contributed by atoms with Crippen molar-refractivity contribution in [3.05, 3.63) is 17.8 Å². The van der Waals surface area contributed by atoms with Crippen LogP contribution in [0.5, 0.6) is 0 Å². The van der Waals surface area contributed by atoms with Gasteiger partial charge in [-0.15, -0.1) is 0 Å². The van der Waals surface area contributed by atoms with E-state index in [0.29, 0.717) is 0 Å². The van der Waals surface area contributed by atoms with Crippen LogP contribution in [-0.4, -0.2) is 36.1 Å². The Morgan fingerprint density at radius 3 is 2.80 bits per heavy atom. The van der Waals surface area contributed by atoms with E-state index in [1.54, 1.807) is 0 Å². The first-order valence-electron chi connectivity index (χ1n) is 7.87. The number of nitrogens with zero attached hydrogens (tertiary/aromatic N) is 2. The van der Waals surface area contributed by atoms with Gasteiger partial charge in [0.25, 0.3) is 0 Å². The Labute approximate surface area is 122 Å². The van der Waals surface area contributed by atoms with Gasteiger partial charge in [-0.3, -0.25) is 4.90 Å². The SMILES string of the molecule is CCN(Cc1ncc(C(C)(C)C)o1)CC1CCCNC1. The second kappa shape index (κ2) is 6.72. The fraction of sp³-hybridized carbons (Fsp3) is 0.812. The molecule has 1 aromatic rings. The quantitative estimate of drug-likeness (QED) is 0.900. The zero-order valence-electron chi connectivity index (χ0n) is 13.4. The predicted molar refractivity (Wildman–Crippen MR) is 81.7 cm³/mol. The maximum absolute atomic E-state index is 5.90. The Morgan fingerprint density at radius 1 is 1.45 bits per heavy atom. The van der Waals surface area contributed by atoms with E-state index in [4.69, 9.17) is 4.42 Å². The predicted octanol–water partition coefficient (Wildman–Crippen LogP) is 2.79. The zero-order valence-corrected chi connectivity index (χ0v) is 13.4. The lowest BCUT2D eigenvalue weighted by Crippen LogP contribution is -2.38. The summed E-state index contributed by atoms with van der Waals surface area (Å²) in [6, 6.07) is 0. The van der Waals surface area contributed by atoms with Crippen molar-refractivity contribution >= 4 is 0 Å². The molecular formula is C16H29N3O. The van der Waals surface area contributed by atoms with Gasteiger partial charge >= 0.3 is 0 Å². The highest BCUT2D eigenvalue weighted by Crippen LogP contribution is 2.23. The minimum Gasteiger partial charge on any atom is -0.444 e. The van der Waals surface area contributed by atoms with Crippen LogP contribution < -0.4 is 5.32 Å². The topological polar surface area (TPSA) is 41.3 Å². The average molecular weight is 279 g/mol. The van der Waals surface area contributed by atoms with Gasteiger partial charge in [0.2, 0.25) is 5.89 Å². The molecule has 1 aliphatic heterocycles. The van der Waals surface area contributed by atoms with Crippen LogP contribution >= 0.6 is 0 Å². The van der Waals surface area contributed by atoms with Gasteiger partial charge < -0.3 is 9.73 Å². The third-order valence-corrected chi connectivity index (χ3v) is 4.01. The second-order valence-corrected chi connectivity index (χ2v) is 6.91. The Kier molecular flexibility index (Phi) is 5.22. The van der Waals surface area contributed by atoms with E-state index in [2.05, 4.69) is 42.9 Å². The largest absolute Gasteiger partial charge is 0.444 e. The number of oxazole rings is 1. The van der Waals surface area contributed by atoms with Crippen molar-refractivity contribution in [1.82, 2.24) is 15.2 Å². The molecule has 4 heteroatoms. The highest BCUT2D eigenvalue weighted by molar-refractivity contribution is 5.05. The lowest BCUT2D eigenvalue weighted by atomic mass is 9.94. The van der Waals surface area contributed by atoms with E-state index in [1.807, 2.05) is 6.20 Å². The maximum Gasteiger partial charge on any atom is 0.208 e. The third-order valence-electron chi connectivity index (χ3n) is 4.01. The maximum atomic E-state index is 5.90. The highest BCUT2D eigenvalue weighted by Gasteiger charge is 2.21. The summed E-state index contributed by atoms with van der Waals surface area (Å²) in [4.78, 5) is 6.88. The van der Waals surface area contributed by atoms with Crippen LogP contribution in [0.25, 0.3) is 0 Å². The molecule has 2 rings (SSSR count). The molecule has 0 saturated carbocycles. The molecule has 4 nitrogen and oxygen atoms in total. The minimum atomic E-state index is 0.0373. The molecule has 1 saturated heterocycles. The molecule has 1 aliphatic rings. The number of aromatic nitrogens is 1. The van der Waals surface area contributed by atoms with Crippen molar-refractivity contribution in [2.75, 3.05) is 26.2 Å². The first-order valence-corrected chi connectivity index (χ1v) is 7.87. The van der Waals surface area contributed by atoms with Crippen LogP contribution in [0.3, 0.4) is 0 Å². The number of rotatable bonds is 5. The van der Waals surface area contributed by atoms with Crippen LogP contribution in [0.15, 0.2) is 10.6 Å². The van der Waals surface area contributed by atoms with Crippen LogP contribution in [0.2, 0.25) is 0 Å². The van der Waals surface area contributed by atoms with Gasteiger partial charge in [0.05, 0.1) is 12.7 Å². The third kappa shape index (κ3) is 4.32. The summed E-state index contributed by atoms with van der Waals surface area (Å²) in [5.74, 6) is 2.59. The summed E-state index contributed by atoms with van der Waals surface area (Å²) in [5, 5.41) is 3.49. The summed E-state index contributed by atoms with van der Waals surface area (Å²) in [6.07, 6.45) is 4.52. The molecule has 0 amide bonds. The standard InChI is InChI=1S/C16H29N3O/c1-5-19(11-13-7-6-8-17-9-13)12-15-18-10-14(20-15)16(2,3)4/h10,13,17H,5-9,11-12H2,1-4H3. The molecule has 1 atom stereocenters. The molecule has 2 heterocycles. The molecule has 1 N–H and O–H groups in total. The minimum absolute atomic E-state index is 0.0373. The van der Waals surface area contributed by atoms with Crippen molar-refractivity contribution in [3.63, 3.8) is 0 Å². The molecule has 0 aromatic carbocycles. The molecular weight excluding hydrogens is 250 g/mol. The number of hydrogen-bond donors (Lipinski definition) is 1. The summed E-state index contributed by atoms with van der Waals surface area (Å²) in [5.41, 5.74) is 0.0373. The van der Waals surface area contributed by atoms with Crippen molar-refractivity contribution in [2.45, 2.75) is 52.5 Å². The molecule has 114 valence electrons. The Bertz CT molecular complexity index is 402. The zero-order chi connectivity index (χ0) is 14.6. The van der Waals surface area contributed by atoms with Crippen molar-refractivity contribution in [1.29, 1.82) is 0 Å². The van der Waals surface area contributed by atoms with Crippen LogP contribution in [0.4, 0.5) is 0 Å². The number of piperidine rings is 1. The lowest BCUT2D eigenvalue weighted by molar-refractivity contribution is 0.191. The van der Waals surface area contributed by atoms with Gasteiger partial charge in [0.1, 0.15) is 5.76 Å². The van der Waals surface area contributed by atoms with E-state index in [9.17, 15) is 0 Å². The number of nitrogens with one attached hydrogen (secondary N) is 1. The Hall–Kier alpha value is -0.870. The highest BCUT2D eigenvalue weighted by atomic mass is 16.4. The van der Waals surface area contributed by atoms with Crippen LogP contribution in [0.1, 0.15) is 52.2 Å². The molecule has 0 bridgehead atoms. The van der Waals surface area contributed by atoms with Crippen molar-refractivity contribution < 1.29 is 4.42 Å². The van der Waals surface area contributed by atoms with Gasteiger partial charge in [-0.05, 0) is 38.4 Å². The lowest BCUT2D eigenvalue weighted by Gasteiger charge is -2.28. The molecule has 1 unspecified atom stereocenters.